The lowest BCUT2D eigenvalue weighted by Crippen LogP contribution is -2.43. The number of rotatable bonds is 8. The van der Waals surface area contributed by atoms with Crippen LogP contribution in [0.4, 0.5) is 0 Å². The van der Waals surface area contributed by atoms with E-state index in [-0.39, 0.29) is 0 Å². The molecule has 0 radical (unpaired) electrons. The van der Waals surface area contributed by atoms with Crippen molar-refractivity contribution in [3.05, 3.63) is 129 Å². The maximum atomic E-state index is 6.19. The molecule has 0 bridgehead atoms. The molecular formula is C38H44Br2N2O2. The molecule has 4 aromatic rings. The maximum Gasteiger partial charge on any atom is 0.120 e. The molecule has 0 unspecified atom stereocenters. The van der Waals surface area contributed by atoms with Crippen molar-refractivity contribution < 1.29 is 9.47 Å². The summed E-state index contributed by atoms with van der Waals surface area (Å²) < 4.78 is 14.5. The number of benzene rings is 4. The monoisotopic (exact) mass is 718 g/mol. The summed E-state index contributed by atoms with van der Waals surface area (Å²) in [6.45, 7) is 11.0. The zero-order valence-electron chi connectivity index (χ0n) is 25.8. The maximum absolute atomic E-state index is 6.19. The van der Waals surface area contributed by atoms with Crippen molar-refractivity contribution in [3.8, 4) is 11.5 Å². The Hall–Kier alpha value is -2.64. The first kappa shape index (κ1) is 32.7. The third-order valence-corrected chi connectivity index (χ3v) is 9.47. The molecule has 4 aromatic carbocycles. The van der Waals surface area contributed by atoms with Gasteiger partial charge in [-0.1, -0.05) is 119 Å². The fourth-order valence-electron chi connectivity index (χ4n) is 6.17. The largest absolute Gasteiger partial charge is 0.490 e. The predicted octanol–water partition coefficient (Wildman–Crippen LogP) is 9.48. The van der Waals surface area contributed by atoms with Gasteiger partial charge < -0.3 is 9.47 Å². The van der Waals surface area contributed by atoms with Gasteiger partial charge in [-0.25, -0.2) is 0 Å². The smallest absolute Gasteiger partial charge is 0.120 e. The zero-order chi connectivity index (χ0) is 30.7. The van der Waals surface area contributed by atoms with E-state index in [0.717, 1.165) is 72.6 Å². The van der Waals surface area contributed by atoms with E-state index >= 15 is 0 Å². The van der Waals surface area contributed by atoms with Gasteiger partial charge in [0, 0.05) is 60.0 Å². The van der Waals surface area contributed by atoms with Crippen LogP contribution in [0.15, 0.2) is 118 Å². The average molecular weight is 721 g/mol. The number of nitrogens with zero attached hydrogens (tertiary/aromatic N) is 2. The first-order valence-electron chi connectivity index (χ1n) is 15.8. The Bertz CT molecular complexity index is 1310. The van der Waals surface area contributed by atoms with Gasteiger partial charge in [0.25, 0.3) is 0 Å². The van der Waals surface area contributed by atoms with E-state index in [1.165, 1.54) is 11.1 Å². The van der Waals surface area contributed by atoms with Crippen LogP contribution in [0.5, 0.6) is 11.5 Å². The van der Waals surface area contributed by atoms with Gasteiger partial charge >= 0.3 is 0 Å². The van der Waals surface area contributed by atoms with Crippen LogP contribution in [-0.2, 0) is 13.1 Å². The van der Waals surface area contributed by atoms with E-state index in [4.69, 9.17) is 9.47 Å². The molecule has 0 aliphatic carbocycles. The fourth-order valence-corrected chi connectivity index (χ4v) is 6.93. The van der Waals surface area contributed by atoms with Crippen molar-refractivity contribution >= 4 is 31.9 Å². The normalized spacial score (nSPS) is 22.5. The number of hydrogen-bond donors (Lipinski definition) is 0. The van der Waals surface area contributed by atoms with Gasteiger partial charge in [0.1, 0.15) is 23.7 Å². The Morgan fingerprint density at radius 1 is 0.568 bits per heavy atom. The van der Waals surface area contributed by atoms with E-state index in [1.807, 2.05) is 48.5 Å². The molecule has 2 fully saturated rings. The molecule has 0 aromatic heterocycles. The van der Waals surface area contributed by atoms with Crippen molar-refractivity contribution in [2.24, 2.45) is 11.8 Å². The van der Waals surface area contributed by atoms with Gasteiger partial charge in [-0.3, -0.25) is 9.80 Å². The molecule has 4 atom stereocenters. The second-order valence-corrected chi connectivity index (χ2v) is 14.0. The molecule has 232 valence electrons. The highest BCUT2D eigenvalue weighted by molar-refractivity contribution is 9.10. The first-order chi connectivity index (χ1) is 21.4. The Morgan fingerprint density at radius 2 is 0.977 bits per heavy atom. The Morgan fingerprint density at radius 3 is 1.34 bits per heavy atom. The molecular weight excluding hydrogens is 676 g/mol. The lowest BCUT2D eigenvalue weighted by Gasteiger charge is -2.37. The van der Waals surface area contributed by atoms with E-state index in [1.54, 1.807) is 0 Å². The third-order valence-electron chi connectivity index (χ3n) is 8.49. The Labute approximate surface area is 280 Å². The number of piperidine rings is 2. The quantitative estimate of drug-likeness (QED) is 0.181. The van der Waals surface area contributed by atoms with Crippen LogP contribution < -0.4 is 9.47 Å². The Balaban J connectivity index is 0.000000175. The Kier molecular flexibility index (Phi) is 12.4. The minimum atomic E-state index is 0.307. The SMILES string of the molecule is C[C@@H]1CN(Cc2ccccc2)CC[C@H]1Oc1cccc(Br)c1.C[C@H]1CN(Cc2ccccc2)CC[C@@H]1Oc1cccc(Br)c1. The second kappa shape index (κ2) is 16.6. The van der Waals surface area contributed by atoms with Gasteiger partial charge in [-0.15, -0.1) is 0 Å². The summed E-state index contributed by atoms with van der Waals surface area (Å²) in [7, 11) is 0. The lowest BCUT2D eigenvalue weighted by molar-refractivity contribution is 0.0489. The molecule has 0 N–H and O–H groups in total. The predicted molar refractivity (Wildman–Crippen MR) is 188 cm³/mol. The van der Waals surface area contributed by atoms with Crippen molar-refractivity contribution in [1.82, 2.24) is 9.80 Å². The molecule has 44 heavy (non-hydrogen) atoms. The van der Waals surface area contributed by atoms with Crippen molar-refractivity contribution in [1.29, 1.82) is 0 Å². The fraction of sp³-hybridized carbons (Fsp3) is 0.368. The zero-order valence-corrected chi connectivity index (χ0v) is 29.0. The van der Waals surface area contributed by atoms with Gasteiger partial charge in [0.15, 0.2) is 0 Å². The molecule has 0 spiro atoms. The van der Waals surface area contributed by atoms with Gasteiger partial charge in [0.2, 0.25) is 0 Å². The van der Waals surface area contributed by atoms with Gasteiger partial charge in [-0.05, 0) is 60.4 Å². The van der Waals surface area contributed by atoms with Gasteiger partial charge in [-0.2, -0.15) is 0 Å². The minimum Gasteiger partial charge on any atom is -0.490 e. The second-order valence-electron chi connectivity index (χ2n) is 12.2. The standard InChI is InChI=1S/2C19H22BrNO/c2*1-15-13-21(14-16-6-3-2-4-7-16)11-10-19(15)22-18-9-5-8-17(20)12-18/h2*2-9,12,15,19H,10-11,13-14H2,1H3/t2*15-,19-/m10/s1. The highest BCUT2D eigenvalue weighted by atomic mass is 79.9. The van der Waals surface area contributed by atoms with Gasteiger partial charge in [0.05, 0.1) is 0 Å². The molecule has 2 saturated heterocycles. The molecule has 2 aliphatic heterocycles. The first-order valence-corrected chi connectivity index (χ1v) is 17.4. The van der Waals surface area contributed by atoms with Crippen LogP contribution in [0.25, 0.3) is 0 Å². The van der Waals surface area contributed by atoms with E-state index < -0.39 is 0 Å². The summed E-state index contributed by atoms with van der Waals surface area (Å²) in [6.07, 6.45) is 2.78. The van der Waals surface area contributed by atoms with Crippen LogP contribution in [0.2, 0.25) is 0 Å². The van der Waals surface area contributed by atoms with Crippen molar-refractivity contribution in [2.45, 2.75) is 52.0 Å². The van der Waals surface area contributed by atoms with E-state index in [2.05, 4.69) is 116 Å². The topological polar surface area (TPSA) is 24.9 Å². The average Bonchev–Trinajstić information content (AvgIpc) is 3.01. The van der Waals surface area contributed by atoms with E-state index in [9.17, 15) is 0 Å². The summed E-state index contributed by atoms with van der Waals surface area (Å²) in [4.78, 5) is 5.06. The summed E-state index contributed by atoms with van der Waals surface area (Å²) in [5, 5.41) is 0. The molecule has 2 aliphatic rings. The summed E-state index contributed by atoms with van der Waals surface area (Å²) in [5.74, 6) is 3.00. The molecule has 6 heteroatoms. The number of ether oxygens (including phenoxy) is 2. The summed E-state index contributed by atoms with van der Waals surface area (Å²) in [5.41, 5.74) is 2.78. The molecule has 0 saturated carbocycles. The van der Waals surface area contributed by atoms with Crippen LogP contribution in [0.3, 0.4) is 0 Å². The van der Waals surface area contributed by atoms with E-state index in [0.29, 0.717) is 24.0 Å². The summed E-state index contributed by atoms with van der Waals surface area (Å²) >= 11 is 7.00. The minimum absolute atomic E-state index is 0.307. The molecule has 0 amide bonds. The van der Waals surface area contributed by atoms with Crippen molar-refractivity contribution in [3.63, 3.8) is 0 Å². The van der Waals surface area contributed by atoms with Crippen LogP contribution in [-0.4, -0.2) is 48.2 Å². The number of likely N-dealkylation sites (tertiary alicyclic amines) is 2. The molecule has 2 heterocycles. The lowest BCUT2D eigenvalue weighted by atomic mass is 9.96. The molecule has 4 nitrogen and oxygen atoms in total. The number of hydrogen-bond acceptors (Lipinski definition) is 4. The van der Waals surface area contributed by atoms with Crippen LogP contribution in [0, 0.1) is 11.8 Å². The summed E-state index contributed by atoms with van der Waals surface area (Å²) in [6, 6.07) is 37.7. The van der Waals surface area contributed by atoms with Crippen molar-refractivity contribution in [2.75, 3.05) is 26.2 Å². The van der Waals surface area contributed by atoms with Crippen LogP contribution >= 0.6 is 31.9 Å². The number of halogens is 2. The molecule has 6 rings (SSSR count). The highest BCUT2D eigenvalue weighted by Gasteiger charge is 2.28. The third kappa shape index (κ3) is 10.2. The van der Waals surface area contributed by atoms with Crippen LogP contribution in [0.1, 0.15) is 37.8 Å². The highest BCUT2D eigenvalue weighted by Crippen LogP contribution is 2.27.